The molecule has 0 bridgehead atoms. The molecule has 1 fully saturated rings. The van der Waals surface area contributed by atoms with E-state index in [1.54, 1.807) is 0 Å². The Hall–Kier alpha value is -0.0800. The maximum absolute atomic E-state index is 3.38. The fraction of sp³-hybridized carbons (Fsp3) is 1.00. The minimum absolute atomic E-state index is 0.706. The molecule has 0 aromatic heterocycles. The molecule has 12 heavy (non-hydrogen) atoms. The maximum atomic E-state index is 3.38. The van der Waals surface area contributed by atoms with Gasteiger partial charge in [-0.3, -0.25) is 4.90 Å². The zero-order chi connectivity index (χ0) is 9.56. The molecule has 74 valence electrons. The number of hydrogen-bond donors (Lipinski definition) is 1. The first kappa shape index (κ1) is 11.9. The van der Waals surface area contributed by atoms with Gasteiger partial charge in [-0.25, -0.2) is 0 Å². The molecule has 2 nitrogen and oxygen atoms in total. The average molecular weight is 172 g/mol. The van der Waals surface area contributed by atoms with Crippen LogP contribution >= 0.6 is 0 Å². The highest BCUT2D eigenvalue weighted by atomic mass is 15.2. The van der Waals surface area contributed by atoms with Gasteiger partial charge in [-0.2, -0.15) is 0 Å². The van der Waals surface area contributed by atoms with Gasteiger partial charge in [0.1, 0.15) is 0 Å². The number of hydrogen-bond acceptors (Lipinski definition) is 2. The molecular formula is C10H24N2. The largest absolute Gasteiger partial charge is 0.314 e. The molecule has 1 saturated heterocycles. The van der Waals surface area contributed by atoms with Gasteiger partial charge < -0.3 is 5.32 Å². The Morgan fingerprint density at radius 2 is 1.92 bits per heavy atom. The van der Waals surface area contributed by atoms with Crippen molar-refractivity contribution < 1.29 is 0 Å². The Labute approximate surface area is 77.3 Å². The zero-order valence-corrected chi connectivity index (χ0v) is 9.22. The summed E-state index contributed by atoms with van der Waals surface area (Å²) in [6.45, 7) is 14.3. The van der Waals surface area contributed by atoms with Gasteiger partial charge in [0, 0.05) is 31.7 Å². The molecule has 0 aromatic rings. The Kier molecular flexibility index (Phi) is 6.39. The first-order valence-corrected chi connectivity index (χ1v) is 5.18. The smallest absolute Gasteiger partial charge is 0.0195 e. The van der Waals surface area contributed by atoms with Crippen LogP contribution in [0.15, 0.2) is 0 Å². The van der Waals surface area contributed by atoms with Crippen molar-refractivity contribution in [1.29, 1.82) is 0 Å². The van der Waals surface area contributed by atoms with E-state index in [1.165, 1.54) is 6.54 Å². The predicted octanol–water partition coefficient (Wildman–Crippen LogP) is 1.71. The van der Waals surface area contributed by atoms with Gasteiger partial charge in [0.2, 0.25) is 0 Å². The van der Waals surface area contributed by atoms with Crippen molar-refractivity contribution >= 4 is 0 Å². The third-order valence-corrected chi connectivity index (χ3v) is 2.22. The van der Waals surface area contributed by atoms with Gasteiger partial charge in [-0.05, 0) is 20.8 Å². The van der Waals surface area contributed by atoms with Crippen LogP contribution in [-0.2, 0) is 0 Å². The fourth-order valence-corrected chi connectivity index (χ4v) is 1.62. The summed E-state index contributed by atoms with van der Waals surface area (Å²) in [5, 5.41) is 3.38. The minimum Gasteiger partial charge on any atom is -0.314 e. The second-order valence-electron chi connectivity index (χ2n) is 3.38. The van der Waals surface area contributed by atoms with E-state index in [0.29, 0.717) is 12.1 Å². The molecule has 0 unspecified atom stereocenters. The highest BCUT2D eigenvalue weighted by molar-refractivity contribution is 4.77. The summed E-state index contributed by atoms with van der Waals surface area (Å²) in [5.41, 5.74) is 0. The lowest BCUT2D eigenvalue weighted by molar-refractivity contribution is 0.135. The Balaban J connectivity index is 0.000000561. The van der Waals surface area contributed by atoms with Crippen molar-refractivity contribution in [1.82, 2.24) is 10.2 Å². The molecule has 0 amide bonds. The topological polar surface area (TPSA) is 15.3 Å². The third kappa shape index (κ3) is 3.55. The molecule has 1 aliphatic rings. The Morgan fingerprint density at radius 1 is 1.33 bits per heavy atom. The van der Waals surface area contributed by atoms with Crippen LogP contribution in [0.4, 0.5) is 0 Å². The van der Waals surface area contributed by atoms with Gasteiger partial charge in [0.05, 0.1) is 0 Å². The summed E-state index contributed by atoms with van der Waals surface area (Å²) in [7, 11) is 0. The van der Waals surface area contributed by atoms with Crippen LogP contribution < -0.4 is 5.32 Å². The molecule has 0 spiro atoms. The quantitative estimate of drug-likeness (QED) is 0.648. The first-order chi connectivity index (χ1) is 5.72. The number of nitrogens with zero attached hydrogens (tertiary/aromatic N) is 1. The Bertz CT molecular complexity index is 102. The lowest BCUT2D eigenvalue weighted by Crippen LogP contribution is -2.52. The van der Waals surface area contributed by atoms with Gasteiger partial charge in [0.25, 0.3) is 0 Å². The van der Waals surface area contributed by atoms with E-state index in [4.69, 9.17) is 0 Å². The van der Waals surface area contributed by atoms with E-state index >= 15 is 0 Å². The highest BCUT2D eigenvalue weighted by Crippen LogP contribution is 2.06. The zero-order valence-electron chi connectivity index (χ0n) is 9.22. The van der Waals surface area contributed by atoms with Crippen LogP contribution in [0.5, 0.6) is 0 Å². The molecule has 0 aliphatic carbocycles. The van der Waals surface area contributed by atoms with Crippen LogP contribution in [0.3, 0.4) is 0 Å². The minimum atomic E-state index is 0.706. The highest BCUT2D eigenvalue weighted by Gasteiger charge is 2.19. The summed E-state index contributed by atoms with van der Waals surface area (Å²) < 4.78 is 0. The predicted molar refractivity (Wildman–Crippen MR) is 55.5 cm³/mol. The molecule has 1 heterocycles. The molecule has 0 radical (unpaired) electrons. The molecule has 1 rings (SSSR count). The van der Waals surface area contributed by atoms with Crippen molar-refractivity contribution in [2.24, 2.45) is 0 Å². The molecule has 2 heteroatoms. The van der Waals surface area contributed by atoms with Crippen molar-refractivity contribution in [3.05, 3.63) is 0 Å². The van der Waals surface area contributed by atoms with E-state index in [-0.39, 0.29) is 0 Å². The summed E-state index contributed by atoms with van der Waals surface area (Å²) in [6, 6.07) is 1.42. The van der Waals surface area contributed by atoms with E-state index in [1.807, 2.05) is 13.8 Å². The lowest BCUT2D eigenvalue weighted by Gasteiger charge is -2.36. The molecule has 0 saturated carbocycles. The summed E-state index contributed by atoms with van der Waals surface area (Å²) in [6.07, 6.45) is 0. The Morgan fingerprint density at radius 3 is 2.25 bits per heavy atom. The fourth-order valence-electron chi connectivity index (χ4n) is 1.62. The summed E-state index contributed by atoms with van der Waals surface area (Å²) in [4.78, 5) is 2.54. The normalized spacial score (nSPS) is 25.0. The molecule has 1 atom stereocenters. The number of nitrogens with one attached hydrogen (secondary N) is 1. The molecule has 1 aliphatic heterocycles. The second kappa shape index (κ2) is 6.44. The maximum Gasteiger partial charge on any atom is 0.0195 e. The van der Waals surface area contributed by atoms with Crippen LogP contribution in [0.2, 0.25) is 0 Å². The van der Waals surface area contributed by atoms with Gasteiger partial charge >= 0.3 is 0 Å². The van der Waals surface area contributed by atoms with Gasteiger partial charge in [-0.1, -0.05) is 13.8 Å². The van der Waals surface area contributed by atoms with Crippen molar-refractivity contribution in [2.75, 3.05) is 19.6 Å². The lowest BCUT2D eigenvalue weighted by atomic mass is 10.2. The summed E-state index contributed by atoms with van der Waals surface area (Å²) >= 11 is 0. The standard InChI is InChI=1S/C8H18N2.C2H6/c1-7(2)10-5-4-9-6-8(10)3;1-2/h7-9H,4-6H2,1-3H3;1-2H3/t8-;/m0./s1. The monoisotopic (exact) mass is 172 g/mol. The van der Waals surface area contributed by atoms with Crippen LogP contribution in [-0.4, -0.2) is 36.6 Å². The second-order valence-corrected chi connectivity index (χ2v) is 3.38. The SMILES string of the molecule is CC.CC(C)N1CCNC[C@@H]1C. The van der Waals surface area contributed by atoms with E-state index < -0.39 is 0 Å². The average Bonchev–Trinajstić information content (AvgIpc) is 2.08. The van der Waals surface area contributed by atoms with Crippen molar-refractivity contribution in [3.63, 3.8) is 0 Å². The first-order valence-electron chi connectivity index (χ1n) is 5.18. The van der Waals surface area contributed by atoms with Crippen LogP contribution in [0, 0.1) is 0 Å². The summed E-state index contributed by atoms with van der Waals surface area (Å²) in [5.74, 6) is 0. The van der Waals surface area contributed by atoms with E-state index in [2.05, 4.69) is 31.0 Å². The molecule has 1 N–H and O–H groups in total. The van der Waals surface area contributed by atoms with E-state index in [9.17, 15) is 0 Å². The van der Waals surface area contributed by atoms with Crippen molar-refractivity contribution in [2.45, 2.75) is 46.7 Å². The van der Waals surface area contributed by atoms with Crippen LogP contribution in [0.1, 0.15) is 34.6 Å². The molecule has 0 aromatic carbocycles. The molecular weight excluding hydrogens is 148 g/mol. The van der Waals surface area contributed by atoms with E-state index in [0.717, 1.165) is 13.1 Å². The number of piperazine rings is 1. The third-order valence-electron chi connectivity index (χ3n) is 2.22. The van der Waals surface area contributed by atoms with Gasteiger partial charge in [0.15, 0.2) is 0 Å². The van der Waals surface area contributed by atoms with Crippen LogP contribution in [0.25, 0.3) is 0 Å². The van der Waals surface area contributed by atoms with Crippen molar-refractivity contribution in [3.8, 4) is 0 Å². The number of rotatable bonds is 1. The van der Waals surface area contributed by atoms with Gasteiger partial charge in [-0.15, -0.1) is 0 Å².